The summed E-state index contributed by atoms with van der Waals surface area (Å²) in [4.78, 5) is 28.3. The molecule has 1 fully saturated rings. The van der Waals surface area contributed by atoms with Crippen LogP contribution in [-0.2, 0) is 26.2 Å². The standard InChI is InChI=1S/C30H33ClFN3O5S/c1-21(30(37)33-24-10-4-5-11-24)34(19-22-8-3-6-13-28(22)32)29(36)20-35(25-12-7-9-23(31)18-25)41(38,39)27-16-14-26(40-2)15-17-27/h3,6-9,12-18,21,24H,4-5,10-11,19-20H2,1-2H3,(H,33,37). The second-order valence-electron chi connectivity index (χ2n) is 9.95. The minimum atomic E-state index is -4.27. The van der Waals surface area contributed by atoms with Gasteiger partial charge in [0, 0.05) is 23.2 Å². The Morgan fingerprint density at radius 3 is 2.37 bits per heavy atom. The van der Waals surface area contributed by atoms with Gasteiger partial charge in [-0.3, -0.25) is 13.9 Å². The predicted molar refractivity (Wildman–Crippen MR) is 156 cm³/mol. The Hall–Kier alpha value is -3.63. The van der Waals surface area contributed by atoms with Crippen LogP contribution in [0.3, 0.4) is 0 Å². The number of amides is 2. The van der Waals surface area contributed by atoms with Gasteiger partial charge in [0.25, 0.3) is 10.0 Å². The van der Waals surface area contributed by atoms with Crippen LogP contribution in [0, 0.1) is 5.82 Å². The average Bonchev–Trinajstić information content (AvgIpc) is 3.48. The molecular formula is C30H33ClFN3O5S. The largest absolute Gasteiger partial charge is 0.497 e. The lowest BCUT2D eigenvalue weighted by Gasteiger charge is -2.32. The zero-order valence-corrected chi connectivity index (χ0v) is 24.5. The van der Waals surface area contributed by atoms with Crippen LogP contribution in [0.25, 0.3) is 0 Å². The monoisotopic (exact) mass is 601 g/mol. The molecule has 0 saturated heterocycles. The molecule has 2 amide bonds. The van der Waals surface area contributed by atoms with Crippen molar-refractivity contribution < 1.29 is 27.1 Å². The van der Waals surface area contributed by atoms with E-state index in [1.54, 1.807) is 25.1 Å². The third-order valence-electron chi connectivity index (χ3n) is 7.19. The highest BCUT2D eigenvalue weighted by molar-refractivity contribution is 7.92. The number of carbonyl (C=O) groups excluding carboxylic acids is 2. The molecule has 3 aromatic rings. The van der Waals surface area contributed by atoms with Gasteiger partial charge in [-0.15, -0.1) is 0 Å². The second kappa shape index (κ2) is 13.4. The fourth-order valence-corrected chi connectivity index (χ4v) is 6.41. The van der Waals surface area contributed by atoms with Crippen LogP contribution >= 0.6 is 11.6 Å². The van der Waals surface area contributed by atoms with E-state index >= 15 is 0 Å². The van der Waals surface area contributed by atoms with Gasteiger partial charge in [0.05, 0.1) is 17.7 Å². The van der Waals surface area contributed by atoms with Gasteiger partial charge >= 0.3 is 0 Å². The van der Waals surface area contributed by atoms with E-state index in [0.717, 1.165) is 30.0 Å². The number of benzene rings is 3. The van der Waals surface area contributed by atoms with E-state index in [2.05, 4.69) is 5.32 Å². The van der Waals surface area contributed by atoms with E-state index in [1.165, 1.54) is 66.6 Å². The van der Waals surface area contributed by atoms with E-state index in [1.807, 2.05) is 0 Å². The first-order valence-corrected chi connectivity index (χ1v) is 15.2. The van der Waals surface area contributed by atoms with Gasteiger partial charge in [0.1, 0.15) is 24.2 Å². The summed E-state index contributed by atoms with van der Waals surface area (Å²) < 4.78 is 48.5. The molecule has 4 rings (SSSR count). The number of anilines is 1. The first kappa shape index (κ1) is 30.3. The zero-order valence-electron chi connectivity index (χ0n) is 22.9. The van der Waals surface area contributed by atoms with Crippen LogP contribution in [0.5, 0.6) is 5.75 Å². The number of hydrogen-bond donors (Lipinski definition) is 1. The fraction of sp³-hybridized carbons (Fsp3) is 0.333. The van der Waals surface area contributed by atoms with Crippen LogP contribution in [0.15, 0.2) is 77.7 Å². The summed E-state index contributed by atoms with van der Waals surface area (Å²) in [6.07, 6.45) is 3.72. The van der Waals surface area contributed by atoms with Crippen molar-refractivity contribution in [3.8, 4) is 5.75 Å². The number of rotatable bonds is 11. The maximum absolute atomic E-state index is 14.7. The van der Waals surface area contributed by atoms with Gasteiger partial charge in [-0.25, -0.2) is 12.8 Å². The average molecular weight is 602 g/mol. The molecule has 0 spiro atoms. The molecule has 3 aromatic carbocycles. The van der Waals surface area contributed by atoms with Gasteiger partial charge in [-0.05, 0) is 68.3 Å². The Kier molecular flexibility index (Phi) is 9.88. The number of nitrogens with one attached hydrogen (secondary N) is 1. The lowest BCUT2D eigenvalue weighted by Crippen LogP contribution is -2.52. The molecule has 0 aromatic heterocycles. The molecule has 0 bridgehead atoms. The van der Waals surface area contributed by atoms with Gasteiger partial charge in [0.2, 0.25) is 11.8 Å². The Labute approximate surface area is 245 Å². The normalized spacial score (nSPS) is 14.3. The van der Waals surface area contributed by atoms with Crippen LogP contribution in [-0.4, -0.2) is 50.9 Å². The molecule has 0 heterocycles. The van der Waals surface area contributed by atoms with Gasteiger partial charge < -0.3 is 15.0 Å². The molecule has 1 aliphatic rings. The molecular weight excluding hydrogens is 569 g/mol. The van der Waals surface area contributed by atoms with Crippen LogP contribution in [0.4, 0.5) is 10.1 Å². The lowest BCUT2D eigenvalue weighted by atomic mass is 10.1. The maximum atomic E-state index is 14.7. The van der Waals surface area contributed by atoms with Crippen LogP contribution in [0.2, 0.25) is 5.02 Å². The number of carbonyl (C=O) groups is 2. The van der Waals surface area contributed by atoms with Crippen molar-refractivity contribution >= 4 is 39.1 Å². The third-order valence-corrected chi connectivity index (χ3v) is 9.21. The van der Waals surface area contributed by atoms with Crippen molar-refractivity contribution in [2.75, 3.05) is 18.0 Å². The Balaban J connectivity index is 1.69. The zero-order chi connectivity index (χ0) is 29.6. The summed E-state index contributed by atoms with van der Waals surface area (Å²) in [7, 11) is -2.81. The molecule has 1 saturated carbocycles. The number of halogens is 2. The second-order valence-corrected chi connectivity index (χ2v) is 12.2. The SMILES string of the molecule is COc1ccc(S(=O)(=O)N(CC(=O)N(Cc2ccccc2F)C(C)C(=O)NC2CCCC2)c2cccc(Cl)c2)cc1. The number of methoxy groups -OCH3 is 1. The van der Waals surface area contributed by atoms with Gasteiger partial charge in [-0.1, -0.05) is 48.7 Å². The van der Waals surface area contributed by atoms with Crippen molar-refractivity contribution in [1.82, 2.24) is 10.2 Å². The van der Waals surface area contributed by atoms with Crippen LogP contribution in [0.1, 0.15) is 38.2 Å². The molecule has 0 radical (unpaired) electrons. The first-order chi connectivity index (χ1) is 19.6. The molecule has 1 aliphatic carbocycles. The highest BCUT2D eigenvalue weighted by Gasteiger charge is 2.33. The topological polar surface area (TPSA) is 96.0 Å². The smallest absolute Gasteiger partial charge is 0.264 e. The van der Waals surface area contributed by atoms with Crippen molar-refractivity contribution in [3.05, 3.63) is 89.2 Å². The first-order valence-electron chi connectivity index (χ1n) is 13.4. The summed E-state index contributed by atoms with van der Waals surface area (Å²) in [5.74, 6) is -1.13. The molecule has 41 heavy (non-hydrogen) atoms. The van der Waals surface area contributed by atoms with Crippen molar-refractivity contribution in [3.63, 3.8) is 0 Å². The number of hydrogen-bond acceptors (Lipinski definition) is 5. The fourth-order valence-electron chi connectivity index (χ4n) is 4.82. The highest BCUT2D eigenvalue weighted by Crippen LogP contribution is 2.28. The van der Waals surface area contributed by atoms with Crippen molar-refractivity contribution in [2.24, 2.45) is 0 Å². The predicted octanol–water partition coefficient (Wildman–Crippen LogP) is 5.16. The molecule has 1 N–H and O–H groups in total. The van der Waals surface area contributed by atoms with Crippen molar-refractivity contribution in [2.45, 2.75) is 56.1 Å². The van der Waals surface area contributed by atoms with E-state index in [0.29, 0.717) is 5.75 Å². The van der Waals surface area contributed by atoms with E-state index in [4.69, 9.17) is 16.3 Å². The highest BCUT2D eigenvalue weighted by atomic mass is 35.5. The molecule has 0 aliphatic heterocycles. The molecule has 1 atom stereocenters. The molecule has 218 valence electrons. The molecule has 1 unspecified atom stereocenters. The molecule has 8 nitrogen and oxygen atoms in total. The molecule has 11 heteroatoms. The Morgan fingerprint density at radius 2 is 1.73 bits per heavy atom. The minimum Gasteiger partial charge on any atom is -0.497 e. The quantitative estimate of drug-likeness (QED) is 0.328. The summed E-state index contributed by atoms with van der Waals surface area (Å²) in [6, 6.07) is 16.9. The van der Waals surface area contributed by atoms with Crippen molar-refractivity contribution in [1.29, 1.82) is 0 Å². The summed E-state index contributed by atoms with van der Waals surface area (Å²) >= 11 is 6.19. The maximum Gasteiger partial charge on any atom is 0.264 e. The summed E-state index contributed by atoms with van der Waals surface area (Å²) in [5.41, 5.74) is 0.365. The minimum absolute atomic E-state index is 0.00812. The lowest BCUT2D eigenvalue weighted by molar-refractivity contribution is -0.139. The van der Waals surface area contributed by atoms with Crippen LogP contribution < -0.4 is 14.4 Å². The van der Waals surface area contributed by atoms with E-state index in [9.17, 15) is 22.4 Å². The summed E-state index contributed by atoms with van der Waals surface area (Å²) in [6.45, 7) is 0.686. The number of sulfonamides is 1. The Bertz CT molecular complexity index is 1480. The summed E-state index contributed by atoms with van der Waals surface area (Å²) in [5, 5.41) is 3.26. The van der Waals surface area contributed by atoms with Gasteiger partial charge in [-0.2, -0.15) is 0 Å². The number of ether oxygens (including phenoxy) is 1. The Morgan fingerprint density at radius 1 is 1.05 bits per heavy atom. The van der Waals surface area contributed by atoms with Gasteiger partial charge in [0.15, 0.2) is 0 Å². The van der Waals surface area contributed by atoms with E-state index < -0.39 is 34.3 Å². The number of nitrogens with zero attached hydrogens (tertiary/aromatic N) is 2. The van der Waals surface area contributed by atoms with E-state index in [-0.39, 0.29) is 39.7 Å². The third kappa shape index (κ3) is 7.37.